The van der Waals surface area contributed by atoms with Gasteiger partial charge in [-0.2, -0.15) is 5.10 Å². The number of aliphatic hydroxyl groups is 1. The first-order valence-electron chi connectivity index (χ1n) is 6.37. The third-order valence-electron chi connectivity index (χ3n) is 3.52. The molecule has 1 atom stereocenters. The van der Waals surface area contributed by atoms with E-state index in [1.165, 1.54) is 0 Å². The van der Waals surface area contributed by atoms with Crippen molar-refractivity contribution in [1.82, 2.24) is 15.1 Å². The van der Waals surface area contributed by atoms with Crippen molar-refractivity contribution in [2.75, 3.05) is 18.9 Å². The van der Waals surface area contributed by atoms with Crippen LogP contribution in [0.3, 0.4) is 0 Å². The quantitative estimate of drug-likeness (QED) is 0.734. The van der Waals surface area contributed by atoms with Gasteiger partial charge in [-0.05, 0) is 32.6 Å². The number of anilines is 1. The van der Waals surface area contributed by atoms with Crippen LogP contribution in [0.2, 0.25) is 0 Å². The van der Waals surface area contributed by atoms with Crippen molar-refractivity contribution < 1.29 is 9.90 Å². The Bertz CT molecular complexity index is 410. The second-order valence-electron chi connectivity index (χ2n) is 4.77. The maximum Gasteiger partial charge on any atom is 0.259 e. The molecule has 4 N–H and O–H groups in total. The van der Waals surface area contributed by atoms with Crippen LogP contribution in [0, 0.1) is 6.92 Å². The van der Waals surface area contributed by atoms with E-state index in [-0.39, 0.29) is 24.4 Å². The van der Waals surface area contributed by atoms with Gasteiger partial charge >= 0.3 is 0 Å². The number of carbonyl (C=O) groups is 1. The standard InChI is InChI=1S/C12H20N4O2/c1-8-10(11(13)15-14-8)12(18)16-6-2-4-9(16)5-3-7-17/h9,17H,2-7H2,1H3,(H3,13,14,15). The maximum atomic E-state index is 12.4. The van der Waals surface area contributed by atoms with Crippen molar-refractivity contribution in [3.8, 4) is 0 Å². The Hall–Kier alpha value is -1.56. The Labute approximate surface area is 106 Å². The Balaban J connectivity index is 2.13. The van der Waals surface area contributed by atoms with Crippen LogP contribution in [-0.2, 0) is 0 Å². The number of aromatic amines is 1. The van der Waals surface area contributed by atoms with E-state index in [0.717, 1.165) is 32.2 Å². The summed E-state index contributed by atoms with van der Waals surface area (Å²) in [7, 11) is 0. The number of hydrogen-bond donors (Lipinski definition) is 3. The van der Waals surface area contributed by atoms with Crippen LogP contribution in [0.5, 0.6) is 0 Å². The van der Waals surface area contributed by atoms with Crippen molar-refractivity contribution in [2.45, 2.75) is 38.6 Å². The van der Waals surface area contributed by atoms with Gasteiger partial charge in [-0.15, -0.1) is 0 Å². The molecule has 1 aromatic rings. The monoisotopic (exact) mass is 252 g/mol. The van der Waals surface area contributed by atoms with Gasteiger partial charge in [0, 0.05) is 24.9 Å². The summed E-state index contributed by atoms with van der Waals surface area (Å²) >= 11 is 0. The molecule has 6 heteroatoms. The minimum atomic E-state index is -0.0424. The molecule has 0 bridgehead atoms. The van der Waals surface area contributed by atoms with E-state index in [0.29, 0.717) is 11.3 Å². The molecule has 1 aliphatic rings. The van der Waals surface area contributed by atoms with Gasteiger partial charge in [-0.3, -0.25) is 9.89 Å². The first kappa shape index (κ1) is 12.9. The summed E-state index contributed by atoms with van der Waals surface area (Å²) in [6.07, 6.45) is 3.59. The van der Waals surface area contributed by atoms with Gasteiger partial charge in [0.25, 0.3) is 5.91 Å². The first-order chi connectivity index (χ1) is 8.65. The summed E-state index contributed by atoms with van der Waals surface area (Å²) in [5.74, 6) is 0.226. The second kappa shape index (κ2) is 5.39. The number of aliphatic hydroxyl groups excluding tert-OH is 1. The SMILES string of the molecule is Cc1[nH]nc(N)c1C(=O)N1CCCC1CCCO. The number of aromatic nitrogens is 2. The number of nitrogens with two attached hydrogens (primary N) is 1. The molecule has 2 rings (SSSR count). The van der Waals surface area contributed by atoms with Crippen LogP contribution in [0.15, 0.2) is 0 Å². The van der Waals surface area contributed by atoms with Crippen LogP contribution in [0.4, 0.5) is 5.82 Å². The highest BCUT2D eigenvalue weighted by atomic mass is 16.3. The highest BCUT2D eigenvalue weighted by Gasteiger charge is 2.31. The number of aryl methyl sites for hydroxylation is 1. The van der Waals surface area contributed by atoms with E-state index in [1.54, 1.807) is 6.92 Å². The summed E-state index contributed by atoms with van der Waals surface area (Å²) in [6, 6.07) is 0.221. The second-order valence-corrected chi connectivity index (χ2v) is 4.77. The number of amides is 1. The predicted molar refractivity (Wildman–Crippen MR) is 68.1 cm³/mol. The first-order valence-corrected chi connectivity index (χ1v) is 6.37. The number of H-pyrrole nitrogens is 1. The number of nitrogen functional groups attached to an aromatic ring is 1. The molecule has 6 nitrogen and oxygen atoms in total. The normalized spacial score (nSPS) is 19.4. The van der Waals surface area contributed by atoms with E-state index in [4.69, 9.17) is 10.8 Å². The van der Waals surface area contributed by atoms with Crippen molar-refractivity contribution in [3.05, 3.63) is 11.3 Å². The molecular weight excluding hydrogens is 232 g/mol. The van der Waals surface area contributed by atoms with Gasteiger partial charge in [0.1, 0.15) is 5.56 Å². The molecule has 100 valence electrons. The Morgan fingerprint density at radius 3 is 3.06 bits per heavy atom. The predicted octanol–water partition coefficient (Wildman–Crippen LogP) is 0.677. The van der Waals surface area contributed by atoms with E-state index in [1.807, 2.05) is 4.90 Å². The molecule has 0 saturated carbocycles. The number of carbonyl (C=O) groups excluding carboxylic acids is 1. The van der Waals surface area contributed by atoms with Gasteiger partial charge in [0.15, 0.2) is 5.82 Å². The lowest BCUT2D eigenvalue weighted by Gasteiger charge is -2.24. The van der Waals surface area contributed by atoms with Crippen molar-refractivity contribution in [3.63, 3.8) is 0 Å². The summed E-state index contributed by atoms with van der Waals surface area (Å²) in [5.41, 5.74) is 6.93. The van der Waals surface area contributed by atoms with Crippen molar-refractivity contribution >= 4 is 11.7 Å². The molecule has 18 heavy (non-hydrogen) atoms. The topological polar surface area (TPSA) is 95.2 Å². The Morgan fingerprint density at radius 1 is 1.67 bits per heavy atom. The van der Waals surface area contributed by atoms with E-state index < -0.39 is 0 Å². The van der Waals surface area contributed by atoms with E-state index in [9.17, 15) is 4.79 Å². The lowest BCUT2D eigenvalue weighted by Crippen LogP contribution is -2.36. The van der Waals surface area contributed by atoms with Crippen molar-refractivity contribution in [2.24, 2.45) is 0 Å². The molecule has 2 heterocycles. The zero-order valence-electron chi connectivity index (χ0n) is 10.6. The number of hydrogen-bond acceptors (Lipinski definition) is 4. The molecule has 0 aliphatic carbocycles. The van der Waals surface area contributed by atoms with Gasteiger partial charge in [-0.25, -0.2) is 0 Å². The van der Waals surface area contributed by atoms with Gasteiger partial charge < -0.3 is 15.7 Å². The number of likely N-dealkylation sites (tertiary alicyclic amines) is 1. The third kappa shape index (κ3) is 2.33. The average molecular weight is 252 g/mol. The minimum Gasteiger partial charge on any atom is -0.396 e. The molecule has 1 aliphatic heterocycles. The lowest BCUT2D eigenvalue weighted by atomic mass is 10.1. The summed E-state index contributed by atoms with van der Waals surface area (Å²) in [6.45, 7) is 2.74. The van der Waals surface area contributed by atoms with Gasteiger partial charge in [0.05, 0.1) is 0 Å². The highest BCUT2D eigenvalue weighted by Crippen LogP contribution is 2.25. The van der Waals surface area contributed by atoms with Crippen LogP contribution in [0.1, 0.15) is 41.7 Å². The lowest BCUT2D eigenvalue weighted by molar-refractivity contribution is 0.0725. The molecular formula is C12H20N4O2. The fourth-order valence-electron chi connectivity index (χ4n) is 2.59. The average Bonchev–Trinajstić information content (AvgIpc) is 2.93. The largest absolute Gasteiger partial charge is 0.396 e. The molecule has 0 spiro atoms. The van der Waals surface area contributed by atoms with Gasteiger partial charge in [-0.1, -0.05) is 0 Å². The highest BCUT2D eigenvalue weighted by molar-refractivity contribution is 5.99. The summed E-state index contributed by atoms with van der Waals surface area (Å²) in [5, 5.41) is 15.5. The number of nitrogens with one attached hydrogen (secondary N) is 1. The van der Waals surface area contributed by atoms with Crippen LogP contribution in [-0.4, -0.2) is 45.3 Å². The summed E-state index contributed by atoms with van der Waals surface area (Å²) in [4.78, 5) is 14.3. The van der Waals surface area contributed by atoms with Crippen LogP contribution < -0.4 is 5.73 Å². The zero-order chi connectivity index (χ0) is 13.1. The molecule has 0 aromatic carbocycles. The van der Waals surface area contributed by atoms with E-state index >= 15 is 0 Å². The van der Waals surface area contributed by atoms with E-state index in [2.05, 4.69) is 10.2 Å². The molecule has 0 radical (unpaired) electrons. The maximum absolute atomic E-state index is 12.4. The third-order valence-corrected chi connectivity index (χ3v) is 3.52. The number of rotatable bonds is 4. The smallest absolute Gasteiger partial charge is 0.259 e. The molecule has 1 fully saturated rings. The summed E-state index contributed by atoms with van der Waals surface area (Å²) < 4.78 is 0. The van der Waals surface area contributed by atoms with Crippen molar-refractivity contribution in [1.29, 1.82) is 0 Å². The minimum absolute atomic E-state index is 0.0424. The molecule has 1 aromatic heterocycles. The molecule has 1 amide bonds. The van der Waals surface area contributed by atoms with Crippen LogP contribution >= 0.6 is 0 Å². The number of nitrogens with zero attached hydrogens (tertiary/aromatic N) is 2. The molecule has 1 saturated heterocycles. The molecule has 1 unspecified atom stereocenters. The fourth-order valence-corrected chi connectivity index (χ4v) is 2.59. The Kier molecular flexibility index (Phi) is 3.86. The Morgan fingerprint density at radius 2 is 2.44 bits per heavy atom. The van der Waals surface area contributed by atoms with Gasteiger partial charge in [0.2, 0.25) is 0 Å². The zero-order valence-corrected chi connectivity index (χ0v) is 10.6. The fraction of sp³-hybridized carbons (Fsp3) is 0.667. The van der Waals surface area contributed by atoms with Crippen LogP contribution in [0.25, 0.3) is 0 Å².